The molecule has 22 heavy (non-hydrogen) atoms. The van der Waals surface area contributed by atoms with E-state index in [0.29, 0.717) is 11.4 Å². The maximum atomic E-state index is 12.7. The van der Waals surface area contributed by atoms with E-state index in [1.165, 1.54) is 25.3 Å². The zero-order valence-corrected chi connectivity index (χ0v) is 13.3. The van der Waals surface area contributed by atoms with Crippen molar-refractivity contribution in [1.29, 1.82) is 0 Å². The van der Waals surface area contributed by atoms with E-state index in [2.05, 4.69) is 0 Å². The predicted molar refractivity (Wildman–Crippen MR) is 84.8 cm³/mol. The molecule has 0 bridgehead atoms. The summed E-state index contributed by atoms with van der Waals surface area (Å²) in [5, 5.41) is -0.776. The Morgan fingerprint density at radius 2 is 1.82 bits per heavy atom. The normalized spacial score (nSPS) is 11.0. The first-order valence-electron chi connectivity index (χ1n) is 6.35. The van der Waals surface area contributed by atoms with Crippen LogP contribution in [0.2, 0.25) is 0 Å². The third kappa shape index (κ3) is 3.58. The number of nitrogens with zero attached hydrogens (tertiary/aromatic N) is 1. The fourth-order valence-electron chi connectivity index (χ4n) is 1.91. The van der Waals surface area contributed by atoms with Crippen molar-refractivity contribution in [3.8, 4) is 5.75 Å². The van der Waals surface area contributed by atoms with Crippen LogP contribution in [0.5, 0.6) is 5.75 Å². The van der Waals surface area contributed by atoms with Crippen molar-refractivity contribution >= 4 is 32.6 Å². The highest BCUT2D eigenvalue weighted by atomic mass is 35.5. The Hall–Kier alpha value is -2.05. The fourth-order valence-corrected chi connectivity index (χ4v) is 3.54. The first-order chi connectivity index (χ1) is 10.4. The van der Waals surface area contributed by atoms with Crippen LogP contribution in [0.15, 0.2) is 59.5 Å². The maximum absolute atomic E-state index is 12.7. The lowest BCUT2D eigenvalue weighted by Crippen LogP contribution is -2.34. The number of hydrogen-bond acceptors (Lipinski definition) is 4. The van der Waals surface area contributed by atoms with E-state index >= 15 is 0 Å². The standard InChI is InChI=1S/C15H14ClNO4S/c1-21-13-7-5-6-12(10-13)17(11-15(16)18)22(19,20)14-8-3-2-4-9-14/h2-10H,11H2,1H3. The average molecular weight is 340 g/mol. The largest absolute Gasteiger partial charge is 0.497 e. The SMILES string of the molecule is COc1cccc(N(CC(=O)Cl)S(=O)(=O)c2ccccc2)c1. The Morgan fingerprint density at radius 1 is 1.14 bits per heavy atom. The van der Waals surface area contributed by atoms with Gasteiger partial charge in [0, 0.05) is 6.07 Å². The third-order valence-electron chi connectivity index (χ3n) is 2.94. The predicted octanol–water partition coefficient (Wildman–Crippen LogP) is 2.66. The van der Waals surface area contributed by atoms with E-state index in [9.17, 15) is 13.2 Å². The molecule has 0 spiro atoms. The summed E-state index contributed by atoms with van der Waals surface area (Å²) in [6.45, 7) is -0.466. The summed E-state index contributed by atoms with van der Waals surface area (Å²) >= 11 is 5.41. The number of ether oxygens (including phenoxy) is 1. The number of rotatable bonds is 6. The monoisotopic (exact) mass is 339 g/mol. The van der Waals surface area contributed by atoms with Crippen molar-refractivity contribution in [2.24, 2.45) is 0 Å². The number of anilines is 1. The Bertz CT molecular complexity index is 762. The van der Waals surface area contributed by atoms with Crippen molar-refractivity contribution < 1.29 is 17.9 Å². The van der Waals surface area contributed by atoms with Crippen molar-refractivity contribution in [1.82, 2.24) is 0 Å². The minimum Gasteiger partial charge on any atom is -0.497 e. The third-order valence-corrected chi connectivity index (χ3v) is 4.85. The summed E-state index contributed by atoms with van der Waals surface area (Å²) in [6.07, 6.45) is 0. The number of halogens is 1. The number of sulfonamides is 1. The van der Waals surface area contributed by atoms with Crippen LogP contribution in [0.1, 0.15) is 0 Å². The molecular formula is C15H14ClNO4S. The molecule has 0 aliphatic carbocycles. The second-order valence-electron chi connectivity index (χ2n) is 4.38. The molecule has 0 atom stereocenters. The van der Waals surface area contributed by atoms with Gasteiger partial charge in [-0.1, -0.05) is 24.3 Å². The minimum atomic E-state index is -3.90. The van der Waals surface area contributed by atoms with Crippen molar-refractivity contribution in [2.45, 2.75) is 4.90 Å². The van der Waals surface area contributed by atoms with Gasteiger partial charge in [-0.3, -0.25) is 9.10 Å². The van der Waals surface area contributed by atoms with Gasteiger partial charge in [0.1, 0.15) is 12.3 Å². The molecule has 2 aromatic carbocycles. The van der Waals surface area contributed by atoms with Crippen molar-refractivity contribution in [2.75, 3.05) is 18.0 Å². The van der Waals surface area contributed by atoms with Crippen molar-refractivity contribution in [3.05, 3.63) is 54.6 Å². The minimum absolute atomic E-state index is 0.0794. The molecule has 7 heteroatoms. The second kappa shape index (κ2) is 6.81. The van der Waals surface area contributed by atoms with E-state index in [-0.39, 0.29) is 4.90 Å². The topological polar surface area (TPSA) is 63.7 Å². The molecule has 5 nitrogen and oxygen atoms in total. The van der Waals surface area contributed by atoms with Crippen LogP contribution >= 0.6 is 11.6 Å². The summed E-state index contributed by atoms with van der Waals surface area (Å²) in [6, 6.07) is 14.3. The van der Waals surface area contributed by atoms with Crippen LogP contribution in [0, 0.1) is 0 Å². The van der Waals surface area contributed by atoms with Gasteiger partial charge < -0.3 is 4.74 Å². The van der Waals surface area contributed by atoms with E-state index < -0.39 is 21.8 Å². The first kappa shape index (κ1) is 16.3. The van der Waals surface area contributed by atoms with Gasteiger partial charge in [0.25, 0.3) is 10.0 Å². The highest BCUT2D eigenvalue weighted by Gasteiger charge is 2.26. The van der Waals surface area contributed by atoms with Crippen molar-refractivity contribution in [3.63, 3.8) is 0 Å². The molecule has 0 saturated heterocycles. The van der Waals surface area contributed by atoms with Gasteiger partial charge in [-0.15, -0.1) is 0 Å². The molecule has 0 heterocycles. The molecule has 2 aromatic rings. The van der Waals surface area contributed by atoms with Gasteiger partial charge in [0.15, 0.2) is 0 Å². The highest BCUT2D eigenvalue weighted by molar-refractivity contribution is 7.92. The van der Waals surface area contributed by atoms with E-state index in [1.54, 1.807) is 36.4 Å². The number of carbonyl (C=O) groups excluding carboxylic acids is 1. The zero-order valence-electron chi connectivity index (χ0n) is 11.8. The molecule has 116 valence electrons. The van der Waals surface area contributed by atoms with Gasteiger partial charge in [0.05, 0.1) is 17.7 Å². The molecule has 0 aromatic heterocycles. The van der Waals surface area contributed by atoms with Gasteiger partial charge >= 0.3 is 0 Å². The molecule has 0 aliphatic rings. The number of benzene rings is 2. The zero-order chi connectivity index (χ0) is 16.2. The number of methoxy groups -OCH3 is 1. The second-order valence-corrected chi connectivity index (χ2v) is 6.67. The molecular weight excluding hydrogens is 326 g/mol. The lowest BCUT2D eigenvalue weighted by atomic mass is 10.3. The van der Waals surface area contributed by atoms with Gasteiger partial charge in [-0.2, -0.15) is 0 Å². The van der Waals surface area contributed by atoms with E-state index in [1.807, 2.05) is 0 Å². The van der Waals surface area contributed by atoms with Gasteiger partial charge in [-0.05, 0) is 35.9 Å². The van der Waals surface area contributed by atoms with Gasteiger partial charge in [0.2, 0.25) is 5.24 Å². The van der Waals surface area contributed by atoms with Crippen LogP contribution in [0.4, 0.5) is 5.69 Å². The van der Waals surface area contributed by atoms with Crippen LogP contribution in [0.3, 0.4) is 0 Å². The van der Waals surface area contributed by atoms with Gasteiger partial charge in [-0.25, -0.2) is 8.42 Å². The number of carbonyl (C=O) groups is 1. The molecule has 0 amide bonds. The van der Waals surface area contributed by atoms with Crippen LogP contribution < -0.4 is 9.04 Å². The quantitative estimate of drug-likeness (QED) is 0.759. The molecule has 0 aliphatic heterocycles. The molecule has 0 saturated carbocycles. The summed E-state index contributed by atoms with van der Waals surface area (Å²) in [7, 11) is -2.43. The Labute approximate surface area is 134 Å². The molecule has 0 radical (unpaired) electrons. The van der Waals surface area contributed by atoms with Crippen LogP contribution in [-0.2, 0) is 14.8 Å². The first-order valence-corrected chi connectivity index (χ1v) is 8.17. The highest BCUT2D eigenvalue weighted by Crippen LogP contribution is 2.26. The number of hydrogen-bond donors (Lipinski definition) is 0. The summed E-state index contributed by atoms with van der Waals surface area (Å²) in [5.74, 6) is 0.479. The van der Waals surface area contributed by atoms with E-state index in [4.69, 9.17) is 16.3 Å². The molecule has 0 fully saturated rings. The van der Waals surface area contributed by atoms with Crippen LogP contribution in [0.25, 0.3) is 0 Å². The van der Waals surface area contributed by atoms with Crippen LogP contribution in [-0.4, -0.2) is 27.3 Å². The molecule has 0 unspecified atom stereocenters. The molecule has 0 N–H and O–H groups in total. The Morgan fingerprint density at radius 3 is 2.41 bits per heavy atom. The maximum Gasteiger partial charge on any atom is 0.264 e. The average Bonchev–Trinajstić information content (AvgIpc) is 2.53. The molecule has 2 rings (SSSR count). The smallest absolute Gasteiger partial charge is 0.264 e. The lowest BCUT2D eigenvalue weighted by molar-refractivity contribution is -0.110. The summed E-state index contributed by atoms with van der Waals surface area (Å²) < 4.78 is 31.5. The Balaban J connectivity index is 2.52. The van der Waals surface area contributed by atoms with E-state index in [0.717, 1.165) is 4.31 Å². The Kier molecular flexibility index (Phi) is 5.05. The summed E-state index contributed by atoms with van der Waals surface area (Å²) in [4.78, 5) is 11.4. The summed E-state index contributed by atoms with van der Waals surface area (Å²) in [5.41, 5.74) is 0.303. The lowest BCUT2D eigenvalue weighted by Gasteiger charge is -2.23. The fraction of sp³-hybridized carbons (Fsp3) is 0.133.